The van der Waals surface area contributed by atoms with Crippen LogP contribution in [0, 0.1) is 0 Å². The van der Waals surface area contributed by atoms with Crippen molar-refractivity contribution in [3.8, 4) is 0 Å². The number of aliphatic hydroxyl groups is 1. The predicted octanol–water partition coefficient (Wildman–Crippen LogP) is 0.908. The number of benzene rings is 2. The molecule has 8 rings (SSSR count). The van der Waals surface area contributed by atoms with E-state index in [0.717, 1.165) is 0 Å². The molecule has 2 aromatic carbocycles. The van der Waals surface area contributed by atoms with Crippen molar-refractivity contribution in [3.05, 3.63) is 70.3 Å². The number of carbonyl (C=O) groups is 2. The Morgan fingerprint density at radius 1 is 1.09 bits per heavy atom. The highest BCUT2D eigenvalue weighted by atomic mass is 16.3. The lowest BCUT2D eigenvalue weighted by Gasteiger charge is -2.53. The first-order valence-corrected chi connectivity index (χ1v) is 11.0. The lowest BCUT2D eigenvalue weighted by molar-refractivity contribution is -0.157. The van der Waals surface area contributed by atoms with Crippen LogP contribution in [0.2, 0.25) is 0 Å². The fourth-order valence-electron chi connectivity index (χ4n) is 6.44. The average Bonchev–Trinajstić information content (AvgIpc) is 3.21. The molecule has 0 aliphatic carbocycles. The van der Waals surface area contributed by atoms with E-state index in [4.69, 9.17) is 4.98 Å². The summed E-state index contributed by atoms with van der Waals surface area (Å²) in [6.07, 6.45) is -0.793. The second-order valence-electron chi connectivity index (χ2n) is 9.52. The van der Waals surface area contributed by atoms with Crippen LogP contribution < -0.4 is 15.8 Å². The van der Waals surface area contributed by atoms with E-state index in [9.17, 15) is 19.5 Å². The van der Waals surface area contributed by atoms with Crippen molar-refractivity contribution in [1.82, 2.24) is 19.8 Å². The SMILES string of the molecule is C[C@H]1C(=O)N2c3ccccc3[C@@]3(O)C[C@@H]4C(=O)NC(C)(c5nc6ccccc6c(=O)n54)N1[C@H]23. The molecule has 0 spiro atoms. The molecule has 5 atom stereocenters. The number of para-hydroxylation sites is 2. The van der Waals surface area contributed by atoms with Crippen LogP contribution in [-0.2, 0) is 20.9 Å². The summed E-state index contributed by atoms with van der Waals surface area (Å²) >= 11 is 0. The van der Waals surface area contributed by atoms with Gasteiger partial charge in [0, 0.05) is 12.0 Å². The quantitative estimate of drug-likeness (QED) is 0.535. The van der Waals surface area contributed by atoms with Crippen molar-refractivity contribution < 1.29 is 14.7 Å². The number of hydrogen-bond acceptors (Lipinski definition) is 6. The summed E-state index contributed by atoms with van der Waals surface area (Å²) in [6.45, 7) is 3.52. The fraction of sp³-hybridized carbons (Fsp3) is 0.333. The van der Waals surface area contributed by atoms with Crippen LogP contribution in [0.25, 0.3) is 10.9 Å². The normalized spacial score (nSPS) is 34.0. The first-order valence-electron chi connectivity index (χ1n) is 11.0. The van der Waals surface area contributed by atoms with E-state index in [2.05, 4.69) is 5.32 Å². The molecule has 5 aliphatic heterocycles. The highest BCUT2D eigenvalue weighted by Gasteiger charge is 2.69. The Balaban J connectivity index is 1.61. The lowest BCUT2D eigenvalue weighted by atomic mass is 9.81. The molecule has 1 aromatic heterocycles. The van der Waals surface area contributed by atoms with Gasteiger partial charge >= 0.3 is 0 Å². The van der Waals surface area contributed by atoms with Crippen molar-refractivity contribution in [1.29, 1.82) is 0 Å². The second kappa shape index (κ2) is 5.67. The van der Waals surface area contributed by atoms with E-state index in [1.165, 1.54) is 4.57 Å². The summed E-state index contributed by atoms with van der Waals surface area (Å²) in [5, 5.41) is 15.7. The molecule has 9 heteroatoms. The third-order valence-electron chi connectivity index (χ3n) is 7.82. The van der Waals surface area contributed by atoms with Gasteiger partial charge in [-0.05, 0) is 32.0 Å². The van der Waals surface area contributed by atoms with Gasteiger partial charge in [0.2, 0.25) is 11.8 Å². The highest BCUT2D eigenvalue weighted by Crippen LogP contribution is 2.56. The van der Waals surface area contributed by atoms with Crippen molar-refractivity contribution >= 4 is 28.4 Å². The average molecular weight is 443 g/mol. The number of fused-ring (bicyclic) bond motifs is 4. The molecule has 2 fully saturated rings. The largest absolute Gasteiger partial charge is 0.381 e. The Hall–Kier alpha value is -3.56. The topological polar surface area (TPSA) is 108 Å². The summed E-state index contributed by atoms with van der Waals surface area (Å²) in [7, 11) is 0. The number of hydrogen-bond donors (Lipinski definition) is 2. The molecule has 0 saturated carbocycles. The second-order valence-corrected chi connectivity index (χ2v) is 9.52. The molecule has 2 N–H and O–H groups in total. The van der Waals surface area contributed by atoms with E-state index < -0.39 is 29.5 Å². The summed E-state index contributed by atoms with van der Waals surface area (Å²) in [6, 6.07) is 12.6. The molecule has 3 aromatic rings. The molecule has 2 bridgehead atoms. The number of carbonyl (C=O) groups excluding carboxylic acids is 2. The van der Waals surface area contributed by atoms with E-state index in [0.29, 0.717) is 28.0 Å². The molecular formula is C24H21N5O4. The maximum absolute atomic E-state index is 13.7. The van der Waals surface area contributed by atoms with Gasteiger partial charge in [-0.25, -0.2) is 9.88 Å². The molecule has 6 heterocycles. The number of amides is 2. The maximum atomic E-state index is 13.7. The third kappa shape index (κ3) is 1.97. The highest BCUT2D eigenvalue weighted by molar-refractivity contribution is 6.03. The van der Waals surface area contributed by atoms with Crippen LogP contribution in [0.4, 0.5) is 5.69 Å². The molecule has 166 valence electrons. The Kier molecular flexibility index (Phi) is 3.26. The molecule has 0 radical (unpaired) electrons. The Morgan fingerprint density at radius 2 is 1.82 bits per heavy atom. The number of aromatic nitrogens is 2. The third-order valence-corrected chi connectivity index (χ3v) is 7.82. The monoisotopic (exact) mass is 443 g/mol. The van der Waals surface area contributed by atoms with Crippen LogP contribution in [0.1, 0.15) is 37.7 Å². The van der Waals surface area contributed by atoms with Gasteiger partial charge in [-0.3, -0.25) is 23.9 Å². The Morgan fingerprint density at radius 3 is 2.64 bits per heavy atom. The standard InChI is InChI=1S/C24H21N5O4/c1-12-19(31)28-16-10-6-4-8-14(16)24(33)11-17-18(30)26-23(2,29(12)22(24)28)21-25-15-9-5-3-7-13(15)20(32)27(17)21/h3-10,12,17,22,33H,11H2,1-2H3,(H,26,30)/t12-,17+,22-,23?,24-/m0/s1. The minimum absolute atomic E-state index is 0.0590. The summed E-state index contributed by atoms with van der Waals surface area (Å²) in [5.41, 5.74) is -1.41. The summed E-state index contributed by atoms with van der Waals surface area (Å²) in [5.74, 6) is -0.173. The molecule has 33 heavy (non-hydrogen) atoms. The zero-order chi connectivity index (χ0) is 22.9. The number of nitrogens with zero attached hydrogens (tertiary/aromatic N) is 4. The van der Waals surface area contributed by atoms with Crippen LogP contribution >= 0.6 is 0 Å². The van der Waals surface area contributed by atoms with E-state index in [1.807, 2.05) is 29.2 Å². The van der Waals surface area contributed by atoms with Crippen molar-refractivity contribution in [3.63, 3.8) is 0 Å². The minimum Gasteiger partial charge on any atom is -0.381 e. The van der Waals surface area contributed by atoms with Gasteiger partial charge in [0.1, 0.15) is 17.8 Å². The van der Waals surface area contributed by atoms with Crippen molar-refractivity contribution in [2.75, 3.05) is 4.90 Å². The number of rotatable bonds is 0. The van der Waals surface area contributed by atoms with Crippen LogP contribution in [0.15, 0.2) is 53.3 Å². The van der Waals surface area contributed by atoms with Gasteiger partial charge in [0.25, 0.3) is 5.56 Å². The first kappa shape index (κ1) is 19.0. The Bertz CT molecular complexity index is 1480. The Labute approximate surface area is 188 Å². The lowest BCUT2D eigenvalue weighted by Crippen LogP contribution is -2.71. The zero-order valence-electron chi connectivity index (χ0n) is 18.0. The minimum atomic E-state index is -1.54. The van der Waals surface area contributed by atoms with Gasteiger partial charge in [-0.15, -0.1) is 0 Å². The molecule has 9 nitrogen and oxygen atoms in total. The number of anilines is 1. The van der Waals surface area contributed by atoms with Crippen molar-refractivity contribution in [2.24, 2.45) is 0 Å². The van der Waals surface area contributed by atoms with Gasteiger partial charge in [0.05, 0.1) is 22.6 Å². The van der Waals surface area contributed by atoms with Crippen LogP contribution in [0.3, 0.4) is 0 Å². The fourth-order valence-corrected chi connectivity index (χ4v) is 6.44. The van der Waals surface area contributed by atoms with Gasteiger partial charge in [0.15, 0.2) is 11.5 Å². The van der Waals surface area contributed by atoms with E-state index in [-0.39, 0.29) is 23.8 Å². The van der Waals surface area contributed by atoms with Gasteiger partial charge in [-0.2, -0.15) is 0 Å². The molecule has 5 aliphatic rings. The van der Waals surface area contributed by atoms with Gasteiger partial charge in [-0.1, -0.05) is 30.3 Å². The molecule has 2 saturated heterocycles. The smallest absolute Gasteiger partial charge is 0.262 e. The molecular weight excluding hydrogens is 422 g/mol. The zero-order valence-corrected chi connectivity index (χ0v) is 18.0. The van der Waals surface area contributed by atoms with Gasteiger partial charge < -0.3 is 10.4 Å². The maximum Gasteiger partial charge on any atom is 0.262 e. The van der Waals surface area contributed by atoms with E-state index in [1.54, 1.807) is 43.0 Å². The van der Waals surface area contributed by atoms with Crippen LogP contribution in [0.5, 0.6) is 0 Å². The molecule has 2 amide bonds. The number of nitrogens with one attached hydrogen (secondary N) is 1. The predicted molar refractivity (Wildman–Crippen MR) is 118 cm³/mol. The first-order chi connectivity index (χ1) is 15.8. The summed E-state index contributed by atoms with van der Waals surface area (Å²) < 4.78 is 1.43. The van der Waals surface area contributed by atoms with Crippen LogP contribution in [-0.4, -0.2) is 43.6 Å². The van der Waals surface area contributed by atoms with Crippen molar-refractivity contribution in [2.45, 2.75) is 49.8 Å². The summed E-state index contributed by atoms with van der Waals surface area (Å²) in [4.78, 5) is 48.9. The van der Waals surface area contributed by atoms with E-state index >= 15 is 0 Å². The molecule has 1 unspecified atom stereocenters.